The zero-order chi connectivity index (χ0) is 13.7. The number of carbonyl (C=O) groups excluding carboxylic acids is 1. The zero-order valence-electron chi connectivity index (χ0n) is 11.6. The van der Waals surface area contributed by atoms with Crippen molar-refractivity contribution in [3.8, 4) is 5.75 Å². The number of ether oxygens (including phenoxy) is 2. The van der Waals surface area contributed by atoms with Crippen LogP contribution >= 0.6 is 0 Å². The number of carbonyl (C=O) groups is 1. The van der Waals surface area contributed by atoms with E-state index in [-0.39, 0.29) is 18.7 Å². The smallest absolute Gasteiger partial charge is 0.344 e. The quantitative estimate of drug-likeness (QED) is 0.779. The van der Waals surface area contributed by atoms with Crippen molar-refractivity contribution in [1.29, 1.82) is 0 Å². The van der Waals surface area contributed by atoms with Gasteiger partial charge in [-0.05, 0) is 45.5 Å². The number of likely N-dealkylation sites (tertiary alicyclic amines) is 1. The molecule has 0 radical (unpaired) electrons. The van der Waals surface area contributed by atoms with Crippen LogP contribution in [0.15, 0.2) is 24.3 Å². The minimum absolute atomic E-state index is 0.00729. The summed E-state index contributed by atoms with van der Waals surface area (Å²) in [5.74, 6) is 0.407. The summed E-state index contributed by atoms with van der Waals surface area (Å²) in [4.78, 5) is 13.9. The first-order valence-electron chi connectivity index (χ1n) is 6.71. The second-order valence-electron chi connectivity index (χ2n) is 5.12. The maximum absolute atomic E-state index is 11.7. The highest BCUT2D eigenvalue weighted by molar-refractivity contribution is 5.71. The first-order valence-corrected chi connectivity index (χ1v) is 6.71. The molecule has 0 N–H and O–H groups in total. The van der Waals surface area contributed by atoms with Gasteiger partial charge in [0.15, 0.2) is 6.61 Å². The van der Waals surface area contributed by atoms with Crippen molar-refractivity contribution in [3.63, 3.8) is 0 Å². The molecule has 0 unspecified atom stereocenters. The van der Waals surface area contributed by atoms with Crippen LogP contribution < -0.4 is 4.74 Å². The first-order chi connectivity index (χ1) is 9.13. The lowest BCUT2D eigenvalue weighted by atomic mass is 10.1. The van der Waals surface area contributed by atoms with Crippen LogP contribution in [-0.4, -0.2) is 43.7 Å². The van der Waals surface area contributed by atoms with Crippen LogP contribution in [0.5, 0.6) is 5.75 Å². The van der Waals surface area contributed by atoms with Crippen molar-refractivity contribution < 1.29 is 14.3 Å². The largest absolute Gasteiger partial charge is 0.482 e. The van der Waals surface area contributed by atoms with Gasteiger partial charge in [0.05, 0.1) is 0 Å². The molecule has 1 atom stereocenters. The van der Waals surface area contributed by atoms with Crippen LogP contribution in [0.2, 0.25) is 0 Å². The Morgan fingerprint density at radius 3 is 2.79 bits per heavy atom. The van der Waals surface area contributed by atoms with E-state index in [2.05, 4.69) is 4.90 Å². The summed E-state index contributed by atoms with van der Waals surface area (Å²) in [6.45, 7) is 3.88. The van der Waals surface area contributed by atoms with E-state index in [1.165, 1.54) is 5.56 Å². The fraction of sp³-hybridized carbons (Fsp3) is 0.533. The number of benzene rings is 1. The minimum Gasteiger partial charge on any atom is -0.482 e. The van der Waals surface area contributed by atoms with Gasteiger partial charge in [0.2, 0.25) is 0 Å². The van der Waals surface area contributed by atoms with Gasteiger partial charge in [-0.2, -0.15) is 0 Å². The van der Waals surface area contributed by atoms with Gasteiger partial charge >= 0.3 is 5.97 Å². The highest BCUT2D eigenvalue weighted by atomic mass is 16.6. The number of rotatable bonds is 4. The highest BCUT2D eigenvalue weighted by Gasteiger charge is 2.20. The molecule has 1 aromatic carbocycles. The van der Waals surface area contributed by atoms with Gasteiger partial charge in [0.1, 0.15) is 11.9 Å². The summed E-state index contributed by atoms with van der Waals surface area (Å²) >= 11 is 0. The SMILES string of the molecule is Cc1ccc(OCC(=O)O[C@@H]2CCCN(C)C2)cc1. The summed E-state index contributed by atoms with van der Waals surface area (Å²) in [6, 6.07) is 7.63. The van der Waals surface area contributed by atoms with E-state index in [1.807, 2.05) is 38.2 Å². The second-order valence-corrected chi connectivity index (χ2v) is 5.12. The molecule has 1 heterocycles. The van der Waals surface area contributed by atoms with Gasteiger partial charge in [-0.3, -0.25) is 0 Å². The van der Waals surface area contributed by atoms with Crippen molar-refractivity contribution in [3.05, 3.63) is 29.8 Å². The van der Waals surface area contributed by atoms with Crippen LogP contribution in [0, 0.1) is 6.92 Å². The maximum atomic E-state index is 11.7. The summed E-state index contributed by atoms with van der Waals surface area (Å²) in [5, 5.41) is 0. The lowest BCUT2D eigenvalue weighted by Gasteiger charge is -2.29. The minimum atomic E-state index is -0.291. The van der Waals surface area contributed by atoms with Crippen LogP contribution in [0.25, 0.3) is 0 Å². The first kappa shape index (κ1) is 13.9. The van der Waals surface area contributed by atoms with E-state index in [0.717, 1.165) is 25.9 Å². The molecule has 104 valence electrons. The average molecular weight is 263 g/mol. The maximum Gasteiger partial charge on any atom is 0.344 e. The van der Waals surface area contributed by atoms with Crippen molar-refractivity contribution in [1.82, 2.24) is 4.90 Å². The van der Waals surface area contributed by atoms with E-state index < -0.39 is 0 Å². The van der Waals surface area contributed by atoms with E-state index in [9.17, 15) is 4.79 Å². The molecule has 19 heavy (non-hydrogen) atoms. The summed E-state index contributed by atoms with van der Waals surface area (Å²) in [7, 11) is 2.04. The molecule has 0 aromatic heterocycles. The predicted molar refractivity (Wildman–Crippen MR) is 73.3 cm³/mol. The average Bonchev–Trinajstić information content (AvgIpc) is 2.38. The molecule has 4 heteroatoms. The molecule has 0 amide bonds. The van der Waals surface area contributed by atoms with Crippen molar-refractivity contribution in [2.24, 2.45) is 0 Å². The molecule has 1 fully saturated rings. The fourth-order valence-electron chi connectivity index (χ4n) is 2.21. The number of hydrogen-bond donors (Lipinski definition) is 0. The third-order valence-electron chi connectivity index (χ3n) is 3.26. The van der Waals surface area contributed by atoms with E-state index in [1.54, 1.807) is 0 Å². The number of hydrogen-bond acceptors (Lipinski definition) is 4. The molecular weight excluding hydrogens is 242 g/mol. The Labute approximate surface area is 114 Å². The van der Waals surface area contributed by atoms with Gasteiger partial charge in [-0.1, -0.05) is 17.7 Å². The van der Waals surface area contributed by atoms with E-state index in [4.69, 9.17) is 9.47 Å². The monoisotopic (exact) mass is 263 g/mol. The number of piperidine rings is 1. The van der Waals surface area contributed by atoms with Crippen LogP contribution in [0.4, 0.5) is 0 Å². The molecule has 0 saturated carbocycles. The molecule has 4 nitrogen and oxygen atoms in total. The molecule has 0 spiro atoms. The summed E-state index contributed by atoms with van der Waals surface area (Å²) < 4.78 is 10.8. The number of nitrogens with zero attached hydrogens (tertiary/aromatic N) is 1. The van der Waals surface area contributed by atoms with Crippen LogP contribution in [0.1, 0.15) is 18.4 Å². The van der Waals surface area contributed by atoms with E-state index >= 15 is 0 Å². The Bertz CT molecular complexity index is 416. The van der Waals surface area contributed by atoms with Crippen molar-refractivity contribution >= 4 is 5.97 Å². The standard InChI is InChI=1S/C15H21NO3/c1-12-5-7-13(8-6-12)18-11-15(17)19-14-4-3-9-16(2)10-14/h5-8,14H,3-4,9-11H2,1-2H3/t14-/m1/s1. The van der Waals surface area contributed by atoms with Gasteiger partial charge in [-0.25, -0.2) is 4.79 Å². The molecule has 0 bridgehead atoms. The van der Waals surface area contributed by atoms with Gasteiger partial charge in [0, 0.05) is 6.54 Å². The van der Waals surface area contributed by atoms with Gasteiger partial charge in [-0.15, -0.1) is 0 Å². The Balaban J connectivity index is 1.73. The third-order valence-corrected chi connectivity index (χ3v) is 3.26. The topological polar surface area (TPSA) is 38.8 Å². The predicted octanol–water partition coefficient (Wildman–Crippen LogP) is 2.01. The Hall–Kier alpha value is -1.55. The number of esters is 1. The Morgan fingerprint density at radius 2 is 2.11 bits per heavy atom. The van der Waals surface area contributed by atoms with Crippen LogP contribution in [-0.2, 0) is 9.53 Å². The summed E-state index contributed by atoms with van der Waals surface area (Å²) in [5.41, 5.74) is 1.17. The fourth-order valence-corrected chi connectivity index (χ4v) is 2.21. The van der Waals surface area contributed by atoms with Gasteiger partial charge < -0.3 is 14.4 Å². The number of aryl methyl sites for hydroxylation is 1. The van der Waals surface area contributed by atoms with Gasteiger partial charge in [0.25, 0.3) is 0 Å². The third kappa shape index (κ3) is 4.56. The number of likely N-dealkylation sites (N-methyl/N-ethyl adjacent to an activating group) is 1. The molecule has 0 aliphatic carbocycles. The molecule has 2 rings (SSSR count). The lowest BCUT2D eigenvalue weighted by molar-refractivity contribution is -0.153. The molecule has 1 aliphatic heterocycles. The molecule has 1 aromatic rings. The second kappa shape index (κ2) is 6.57. The van der Waals surface area contributed by atoms with E-state index in [0.29, 0.717) is 5.75 Å². The summed E-state index contributed by atoms with van der Waals surface area (Å²) in [6.07, 6.45) is 2.03. The lowest BCUT2D eigenvalue weighted by Crippen LogP contribution is -2.38. The van der Waals surface area contributed by atoms with Crippen molar-refractivity contribution in [2.45, 2.75) is 25.9 Å². The molecule has 1 aliphatic rings. The van der Waals surface area contributed by atoms with Crippen molar-refractivity contribution in [2.75, 3.05) is 26.7 Å². The molecule has 1 saturated heterocycles. The van der Waals surface area contributed by atoms with Crippen LogP contribution in [0.3, 0.4) is 0 Å². The normalized spacial score (nSPS) is 20.0. The Morgan fingerprint density at radius 1 is 1.37 bits per heavy atom. The highest BCUT2D eigenvalue weighted by Crippen LogP contribution is 2.13. The Kier molecular flexibility index (Phi) is 4.80. The zero-order valence-corrected chi connectivity index (χ0v) is 11.6. The molecular formula is C15H21NO3.